The lowest BCUT2D eigenvalue weighted by Crippen LogP contribution is -2.31. The number of nitrogens with two attached hydrogens (primary N) is 1. The third-order valence-corrected chi connectivity index (χ3v) is 4.71. The minimum atomic E-state index is 0.411. The quantitative estimate of drug-likeness (QED) is 0.789. The molecule has 0 spiro atoms. The fourth-order valence-corrected chi connectivity index (χ4v) is 3.92. The number of rotatable bonds is 1. The van der Waals surface area contributed by atoms with Gasteiger partial charge in [0.1, 0.15) is 0 Å². The van der Waals surface area contributed by atoms with E-state index >= 15 is 0 Å². The highest BCUT2D eigenvalue weighted by molar-refractivity contribution is 7.10. The van der Waals surface area contributed by atoms with E-state index in [9.17, 15) is 0 Å². The molecule has 0 saturated carbocycles. The summed E-state index contributed by atoms with van der Waals surface area (Å²) in [7, 11) is 0. The molecule has 2 atom stereocenters. The topological polar surface area (TPSA) is 29.3 Å². The smallest absolute Gasteiger partial charge is 0.0359 e. The molecule has 0 aromatic carbocycles. The van der Waals surface area contributed by atoms with Crippen LogP contribution in [0.5, 0.6) is 0 Å². The van der Waals surface area contributed by atoms with Gasteiger partial charge in [0, 0.05) is 30.1 Å². The van der Waals surface area contributed by atoms with E-state index in [0.29, 0.717) is 12.1 Å². The molecular weight excluding hydrogens is 204 g/mol. The van der Waals surface area contributed by atoms with E-state index in [1.807, 2.05) is 11.3 Å². The van der Waals surface area contributed by atoms with Crippen molar-refractivity contribution < 1.29 is 0 Å². The van der Waals surface area contributed by atoms with Gasteiger partial charge in [-0.2, -0.15) is 0 Å². The van der Waals surface area contributed by atoms with Crippen molar-refractivity contribution in [2.75, 3.05) is 13.1 Å². The summed E-state index contributed by atoms with van der Waals surface area (Å²) in [6.07, 6.45) is 5.15. The molecule has 2 heterocycles. The molecule has 0 bridgehead atoms. The van der Waals surface area contributed by atoms with Crippen molar-refractivity contribution in [3.63, 3.8) is 0 Å². The van der Waals surface area contributed by atoms with Gasteiger partial charge < -0.3 is 5.73 Å². The van der Waals surface area contributed by atoms with Crippen molar-refractivity contribution in [2.45, 2.75) is 37.8 Å². The Morgan fingerprint density at radius 3 is 3.13 bits per heavy atom. The van der Waals surface area contributed by atoms with E-state index in [4.69, 9.17) is 5.73 Å². The maximum Gasteiger partial charge on any atom is 0.0359 e. The molecule has 15 heavy (non-hydrogen) atoms. The number of thiophene rings is 1. The number of aryl methyl sites for hydroxylation is 1. The lowest BCUT2D eigenvalue weighted by atomic mass is 9.93. The molecule has 1 aliphatic carbocycles. The maximum absolute atomic E-state index is 5.99. The maximum atomic E-state index is 5.99. The molecule has 3 heteroatoms. The van der Waals surface area contributed by atoms with E-state index in [1.54, 1.807) is 10.4 Å². The molecule has 2 nitrogen and oxygen atoms in total. The van der Waals surface area contributed by atoms with E-state index in [2.05, 4.69) is 16.3 Å². The van der Waals surface area contributed by atoms with Crippen molar-refractivity contribution in [3.8, 4) is 0 Å². The number of likely N-dealkylation sites (tertiary alicyclic amines) is 1. The van der Waals surface area contributed by atoms with Crippen LogP contribution in [0.4, 0.5) is 0 Å². The SMILES string of the molecule is NC1CCN(C2CCCc3sccc32)C1. The normalized spacial score (nSPS) is 31.8. The second kappa shape index (κ2) is 3.89. The predicted molar refractivity (Wildman–Crippen MR) is 64.2 cm³/mol. The van der Waals surface area contributed by atoms with Crippen molar-refractivity contribution in [1.29, 1.82) is 0 Å². The predicted octanol–water partition coefficient (Wildman–Crippen LogP) is 2.16. The zero-order chi connectivity index (χ0) is 10.3. The first kappa shape index (κ1) is 9.82. The first-order chi connectivity index (χ1) is 7.34. The minimum Gasteiger partial charge on any atom is -0.326 e. The Kier molecular flexibility index (Phi) is 2.54. The summed E-state index contributed by atoms with van der Waals surface area (Å²) >= 11 is 1.93. The first-order valence-corrected chi connectivity index (χ1v) is 6.78. The van der Waals surface area contributed by atoms with Gasteiger partial charge in [0.15, 0.2) is 0 Å². The van der Waals surface area contributed by atoms with E-state index in [-0.39, 0.29) is 0 Å². The molecule has 0 amide bonds. The lowest BCUT2D eigenvalue weighted by molar-refractivity contribution is 0.220. The fraction of sp³-hybridized carbons (Fsp3) is 0.667. The van der Waals surface area contributed by atoms with Crippen molar-refractivity contribution in [3.05, 3.63) is 21.9 Å². The molecule has 1 aliphatic heterocycles. The zero-order valence-electron chi connectivity index (χ0n) is 8.98. The van der Waals surface area contributed by atoms with Gasteiger partial charge in [-0.25, -0.2) is 0 Å². The van der Waals surface area contributed by atoms with E-state index in [0.717, 1.165) is 6.54 Å². The standard InChI is InChI=1S/C12H18N2S/c13-9-4-6-14(8-9)11-2-1-3-12-10(11)5-7-15-12/h5,7,9,11H,1-4,6,8,13H2. The third-order valence-electron chi connectivity index (χ3n) is 3.72. The van der Waals surface area contributed by atoms with Crippen LogP contribution < -0.4 is 5.73 Å². The Morgan fingerprint density at radius 2 is 2.33 bits per heavy atom. The van der Waals surface area contributed by atoms with Gasteiger partial charge in [-0.1, -0.05) is 0 Å². The molecule has 2 N–H and O–H groups in total. The van der Waals surface area contributed by atoms with Crippen LogP contribution in [0.15, 0.2) is 11.4 Å². The molecule has 3 rings (SSSR count). The van der Waals surface area contributed by atoms with Crippen LogP contribution in [-0.4, -0.2) is 24.0 Å². The van der Waals surface area contributed by atoms with Crippen LogP contribution in [0.25, 0.3) is 0 Å². The first-order valence-electron chi connectivity index (χ1n) is 5.90. The molecule has 1 aromatic heterocycles. The Labute approximate surface area is 95.1 Å². The van der Waals surface area contributed by atoms with Crippen LogP contribution in [0.2, 0.25) is 0 Å². The van der Waals surface area contributed by atoms with Crippen LogP contribution in [0, 0.1) is 0 Å². The Balaban J connectivity index is 1.83. The summed E-state index contributed by atoms with van der Waals surface area (Å²) in [5.74, 6) is 0. The van der Waals surface area contributed by atoms with Crippen LogP contribution in [0.3, 0.4) is 0 Å². The number of hydrogen-bond acceptors (Lipinski definition) is 3. The molecule has 1 aromatic rings. The van der Waals surface area contributed by atoms with Gasteiger partial charge in [-0.05, 0) is 42.7 Å². The summed E-state index contributed by atoms with van der Waals surface area (Å²) in [6, 6.07) is 3.41. The summed E-state index contributed by atoms with van der Waals surface area (Å²) in [6.45, 7) is 2.29. The average molecular weight is 222 g/mol. The van der Waals surface area contributed by atoms with E-state index < -0.39 is 0 Å². The molecule has 1 saturated heterocycles. The highest BCUT2D eigenvalue weighted by Crippen LogP contribution is 2.38. The molecule has 2 unspecified atom stereocenters. The molecular formula is C12H18N2S. The zero-order valence-corrected chi connectivity index (χ0v) is 9.80. The van der Waals surface area contributed by atoms with Gasteiger partial charge in [0.25, 0.3) is 0 Å². The number of nitrogens with zero attached hydrogens (tertiary/aromatic N) is 1. The van der Waals surface area contributed by atoms with Gasteiger partial charge in [0.2, 0.25) is 0 Å². The third kappa shape index (κ3) is 1.73. The summed E-state index contributed by atoms with van der Waals surface area (Å²) in [5.41, 5.74) is 7.59. The van der Waals surface area contributed by atoms with Crippen molar-refractivity contribution in [2.24, 2.45) is 5.73 Å². The molecule has 1 fully saturated rings. The monoisotopic (exact) mass is 222 g/mol. The second-order valence-electron chi connectivity index (χ2n) is 4.75. The fourth-order valence-electron chi connectivity index (χ4n) is 2.94. The second-order valence-corrected chi connectivity index (χ2v) is 5.75. The van der Waals surface area contributed by atoms with Crippen LogP contribution in [0.1, 0.15) is 35.7 Å². The summed E-state index contributed by atoms with van der Waals surface area (Å²) in [4.78, 5) is 4.21. The summed E-state index contributed by atoms with van der Waals surface area (Å²) < 4.78 is 0. The Morgan fingerprint density at radius 1 is 1.40 bits per heavy atom. The average Bonchev–Trinajstić information content (AvgIpc) is 2.84. The van der Waals surface area contributed by atoms with Gasteiger partial charge in [0.05, 0.1) is 0 Å². The number of hydrogen-bond donors (Lipinski definition) is 1. The van der Waals surface area contributed by atoms with Crippen molar-refractivity contribution >= 4 is 11.3 Å². The molecule has 0 radical (unpaired) electrons. The largest absolute Gasteiger partial charge is 0.326 e. The van der Waals surface area contributed by atoms with Crippen LogP contribution in [-0.2, 0) is 6.42 Å². The Hall–Kier alpha value is -0.380. The van der Waals surface area contributed by atoms with Gasteiger partial charge in [-0.15, -0.1) is 11.3 Å². The van der Waals surface area contributed by atoms with Crippen LogP contribution >= 0.6 is 11.3 Å². The van der Waals surface area contributed by atoms with Crippen molar-refractivity contribution in [1.82, 2.24) is 4.90 Å². The molecule has 2 aliphatic rings. The Bertz CT molecular complexity index is 347. The number of fused-ring (bicyclic) bond motifs is 1. The minimum absolute atomic E-state index is 0.411. The highest BCUT2D eigenvalue weighted by Gasteiger charge is 2.30. The van der Waals surface area contributed by atoms with Gasteiger partial charge in [-0.3, -0.25) is 4.90 Å². The highest BCUT2D eigenvalue weighted by atomic mass is 32.1. The van der Waals surface area contributed by atoms with Gasteiger partial charge >= 0.3 is 0 Å². The summed E-state index contributed by atoms with van der Waals surface area (Å²) in [5, 5.41) is 2.25. The van der Waals surface area contributed by atoms with E-state index in [1.165, 1.54) is 32.2 Å². The lowest BCUT2D eigenvalue weighted by Gasteiger charge is -2.31. The molecule has 82 valence electrons.